The molecule has 16 heteroatoms. The van der Waals surface area contributed by atoms with Crippen molar-refractivity contribution in [3.8, 4) is 12.1 Å². The minimum absolute atomic E-state index is 0.117. The number of nitrogens with zero attached hydrogens (tertiary/aromatic N) is 7. The third kappa shape index (κ3) is 7.32. The molecule has 2 aromatic heterocycles. The number of methoxy groups -OCH3 is 1. The number of ether oxygens (including phenoxy) is 2. The minimum atomic E-state index is -0.712. The molecule has 1 saturated heterocycles. The van der Waals surface area contributed by atoms with Crippen LogP contribution in [0.15, 0.2) is 18.3 Å². The number of rotatable bonds is 11. The van der Waals surface area contributed by atoms with Gasteiger partial charge in [-0.1, -0.05) is 11.6 Å². The summed E-state index contributed by atoms with van der Waals surface area (Å²) in [6.45, 7) is 3.54. The minimum Gasteiger partial charge on any atom is -0.458 e. The molecule has 226 valence electrons. The molecule has 1 aliphatic rings. The Morgan fingerprint density at radius 2 is 2.07 bits per heavy atom. The Morgan fingerprint density at radius 1 is 1.26 bits per heavy atom. The van der Waals surface area contributed by atoms with Crippen molar-refractivity contribution in [3.63, 3.8) is 0 Å². The summed E-state index contributed by atoms with van der Waals surface area (Å²) in [6.07, 6.45) is 1.93. The number of hydrogen-bond donors (Lipinski definition) is 4. The number of nitrogens with one attached hydrogen (secondary N) is 3. The fourth-order valence-corrected chi connectivity index (χ4v) is 4.96. The van der Waals surface area contributed by atoms with Crippen LogP contribution in [0, 0.1) is 22.7 Å². The Balaban J connectivity index is 1.64. The fourth-order valence-electron chi connectivity index (χ4n) is 4.68. The Morgan fingerprint density at radius 3 is 2.77 bits per heavy atom. The van der Waals surface area contributed by atoms with E-state index in [1.54, 1.807) is 12.1 Å². The Hall–Kier alpha value is -4.86. The number of imidazole rings is 1. The van der Waals surface area contributed by atoms with Gasteiger partial charge in [0.1, 0.15) is 12.2 Å². The first-order chi connectivity index (χ1) is 20.8. The number of carbonyl (C=O) groups excluding carboxylic acids is 2. The van der Waals surface area contributed by atoms with Crippen LogP contribution in [-0.4, -0.2) is 77.1 Å². The predicted molar refractivity (Wildman–Crippen MR) is 158 cm³/mol. The maximum absolute atomic E-state index is 12.6. The first-order valence-corrected chi connectivity index (χ1v) is 14.1. The molecule has 1 aliphatic heterocycles. The lowest BCUT2D eigenvalue weighted by atomic mass is 10.00. The number of aromatic nitrogens is 4. The van der Waals surface area contributed by atoms with Crippen molar-refractivity contribution < 1.29 is 19.1 Å². The maximum atomic E-state index is 12.6. The summed E-state index contributed by atoms with van der Waals surface area (Å²) in [5, 5.41) is 32.9. The molecule has 15 nitrogen and oxygen atoms in total. The highest BCUT2D eigenvalue weighted by atomic mass is 35.5. The van der Waals surface area contributed by atoms with E-state index in [0.717, 1.165) is 0 Å². The van der Waals surface area contributed by atoms with Crippen molar-refractivity contribution in [1.82, 2.24) is 24.9 Å². The lowest BCUT2D eigenvalue weighted by molar-refractivity contribution is -0.150. The molecular weight excluding hydrogens is 578 g/mol. The Kier molecular flexibility index (Phi) is 10.4. The molecule has 4 rings (SSSR count). The van der Waals surface area contributed by atoms with Crippen LogP contribution >= 0.6 is 11.6 Å². The number of halogens is 1. The summed E-state index contributed by atoms with van der Waals surface area (Å²) >= 11 is 6.89. The van der Waals surface area contributed by atoms with E-state index in [1.807, 2.05) is 17.9 Å². The van der Waals surface area contributed by atoms with Gasteiger partial charge in [-0.05, 0) is 44.9 Å². The van der Waals surface area contributed by atoms with E-state index in [-0.39, 0.29) is 29.6 Å². The van der Waals surface area contributed by atoms with Gasteiger partial charge < -0.3 is 36.1 Å². The standard InChI is InChI=1S/C27H32ClN11O4/c1-3-32-24-25-33-14-17(13-31)39(25)37-26(36-24)34-19-10-16(12-30)11-20(23(19)28)38-9-7-18(35-27(41)42-2)21(15-38)43-22(40)6-4-5-8-29/h10-11,14,18,21H,3-9,15,29H2,1-2H3,(H,35,41)(H2,32,34,36,37)/t18-,21-/m1/s1. The van der Waals surface area contributed by atoms with Crippen molar-refractivity contribution in [2.75, 3.05) is 48.8 Å². The van der Waals surface area contributed by atoms with Crippen LogP contribution in [0.5, 0.6) is 0 Å². The van der Waals surface area contributed by atoms with Crippen LogP contribution in [0.3, 0.4) is 0 Å². The van der Waals surface area contributed by atoms with Crippen molar-refractivity contribution in [2.45, 2.75) is 44.8 Å². The molecule has 1 amide bonds. The molecule has 0 aliphatic carbocycles. The van der Waals surface area contributed by atoms with Gasteiger partial charge in [0.2, 0.25) is 5.95 Å². The van der Waals surface area contributed by atoms with Gasteiger partial charge in [0, 0.05) is 19.5 Å². The van der Waals surface area contributed by atoms with Crippen LogP contribution in [0.4, 0.5) is 27.9 Å². The van der Waals surface area contributed by atoms with E-state index in [0.29, 0.717) is 67.3 Å². The average Bonchev–Trinajstić information content (AvgIpc) is 3.42. The highest BCUT2D eigenvalue weighted by molar-refractivity contribution is 6.36. The smallest absolute Gasteiger partial charge is 0.407 e. The lowest BCUT2D eigenvalue weighted by Gasteiger charge is -2.39. The number of alkyl carbamates (subject to hydrolysis) is 1. The van der Waals surface area contributed by atoms with E-state index in [2.05, 4.69) is 37.1 Å². The molecule has 0 bridgehead atoms. The first kappa shape index (κ1) is 31.1. The number of amides is 1. The second-order valence-electron chi connectivity index (χ2n) is 9.65. The summed E-state index contributed by atoms with van der Waals surface area (Å²) in [5.41, 5.74) is 7.30. The number of piperidine rings is 1. The summed E-state index contributed by atoms with van der Waals surface area (Å²) in [6, 6.07) is 6.90. The highest BCUT2D eigenvalue weighted by Crippen LogP contribution is 2.37. The fraction of sp³-hybridized carbons (Fsp3) is 0.444. The molecule has 3 aromatic rings. The van der Waals surface area contributed by atoms with Crippen LogP contribution in [-0.2, 0) is 14.3 Å². The number of nitrogens with two attached hydrogens (primary N) is 1. The number of anilines is 4. The van der Waals surface area contributed by atoms with Gasteiger partial charge in [-0.3, -0.25) is 4.79 Å². The van der Waals surface area contributed by atoms with E-state index in [1.165, 1.54) is 17.8 Å². The summed E-state index contributed by atoms with van der Waals surface area (Å²) in [7, 11) is 1.26. The lowest BCUT2D eigenvalue weighted by Crippen LogP contribution is -2.55. The monoisotopic (exact) mass is 609 g/mol. The van der Waals surface area contributed by atoms with E-state index in [9.17, 15) is 20.1 Å². The number of esters is 1. The second kappa shape index (κ2) is 14.4. The normalized spacial score (nSPS) is 16.2. The van der Waals surface area contributed by atoms with Crippen LogP contribution in [0.1, 0.15) is 43.9 Å². The van der Waals surface area contributed by atoms with Gasteiger partial charge in [-0.2, -0.15) is 20.0 Å². The third-order valence-electron chi connectivity index (χ3n) is 6.76. The van der Waals surface area contributed by atoms with E-state index < -0.39 is 24.2 Å². The van der Waals surface area contributed by atoms with Crippen molar-refractivity contribution in [3.05, 3.63) is 34.6 Å². The van der Waals surface area contributed by atoms with Gasteiger partial charge in [0.25, 0.3) is 0 Å². The molecule has 3 heterocycles. The summed E-state index contributed by atoms with van der Waals surface area (Å²) < 4.78 is 11.9. The van der Waals surface area contributed by atoms with Gasteiger partial charge in [0.15, 0.2) is 17.2 Å². The number of benzene rings is 1. The molecule has 0 radical (unpaired) electrons. The number of carbonyl (C=O) groups is 2. The van der Waals surface area contributed by atoms with Gasteiger partial charge in [-0.25, -0.2) is 9.78 Å². The number of fused-ring (bicyclic) bond motifs is 1. The van der Waals surface area contributed by atoms with E-state index >= 15 is 0 Å². The largest absolute Gasteiger partial charge is 0.458 e. The van der Waals surface area contributed by atoms with Crippen molar-refractivity contribution >= 4 is 52.5 Å². The highest BCUT2D eigenvalue weighted by Gasteiger charge is 2.35. The third-order valence-corrected chi connectivity index (χ3v) is 7.15. The molecule has 0 saturated carbocycles. The van der Waals surface area contributed by atoms with Crippen molar-refractivity contribution in [2.24, 2.45) is 5.73 Å². The molecule has 1 aromatic carbocycles. The molecule has 2 atom stereocenters. The molecule has 43 heavy (non-hydrogen) atoms. The van der Waals surface area contributed by atoms with Gasteiger partial charge >= 0.3 is 12.1 Å². The van der Waals surface area contributed by atoms with Crippen LogP contribution < -0.4 is 26.6 Å². The number of nitriles is 2. The summed E-state index contributed by atoms with van der Waals surface area (Å²) in [5.74, 6) is 0.119. The topological polar surface area (TPSA) is 209 Å². The molecule has 5 N–H and O–H groups in total. The Labute approximate surface area is 252 Å². The quantitative estimate of drug-likeness (QED) is 0.182. The number of hydrogen-bond acceptors (Lipinski definition) is 13. The van der Waals surface area contributed by atoms with Crippen LogP contribution in [0.25, 0.3) is 5.65 Å². The average molecular weight is 610 g/mol. The number of unbranched alkanes of at least 4 members (excludes halogenated alkanes) is 1. The van der Waals surface area contributed by atoms with Gasteiger partial charge in [-0.15, -0.1) is 5.10 Å². The maximum Gasteiger partial charge on any atom is 0.407 e. The second-order valence-corrected chi connectivity index (χ2v) is 10.0. The molecule has 0 spiro atoms. The van der Waals surface area contributed by atoms with Crippen LogP contribution in [0.2, 0.25) is 5.02 Å². The molecule has 1 fully saturated rings. The first-order valence-electron chi connectivity index (χ1n) is 13.7. The zero-order valence-corrected chi connectivity index (χ0v) is 24.5. The van der Waals surface area contributed by atoms with E-state index in [4.69, 9.17) is 26.8 Å². The zero-order valence-electron chi connectivity index (χ0n) is 23.8. The molecular formula is C27H32ClN11O4. The zero-order chi connectivity index (χ0) is 30.9. The SMILES string of the molecule is CCNc1nc(Nc2cc(C#N)cc(N3CC[C@@H](NC(=O)OC)[C@H](OC(=O)CCCCN)C3)c2Cl)nn2c(C#N)cnc12. The van der Waals surface area contributed by atoms with Gasteiger partial charge in [0.05, 0.1) is 53.9 Å². The predicted octanol–water partition coefficient (Wildman–Crippen LogP) is 2.67. The summed E-state index contributed by atoms with van der Waals surface area (Å²) in [4.78, 5) is 35.2. The van der Waals surface area contributed by atoms with Crippen molar-refractivity contribution in [1.29, 1.82) is 10.5 Å². The molecule has 0 unspecified atom stereocenters. The Bertz CT molecular complexity index is 1560.